The lowest BCUT2D eigenvalue weighted by atomic mass is 10.2. The average Bonchev–Trinajstić information content (AvgIpc) is 2.54. The van der Waals surface area contributed by atoms with Crippen LogP contribution >= 0.6 is 0 Å². The lowest BCUT2D eigenvalue weighted by Gasteiger charge is -2.20. The van der Waals surface area contributed by atoms with Crippen molar-refractivity contribution in [2.45, 2.75) is 20.0 Å². The number of aryl methyl sites for hydroxylation is 1. The minimum absolute atomic E-state index is 0.219. The standard InChI is InChI=1S/C18H19NO4/c1-12-4-3-5-15(10-12)23-13(2)18(20)19-14-6-7-16-17(11-14)22-9-8-21-16/h3-7,10-11,13H,8-9H2,1-2H3,(H,19,20). The van der Waals surface area contributed by atoms with Gasteiger partial charge < -0.3 is 19.5 Å². The van der Waals surface area contributed by atoms with Gasteiger partial charge in [-0.05, 0) is 43.7 Å². The number of ether oxygens (including phenoxy) is 3. The van der Waals surface area contributed by atoms with Crippen LogP contribution in [0.3, 0.4) is 0 Å². The molecule has 0 saturated heterocycles. The summed E-state index contributed by atoms with van der Waals surface area (Å²) in [6.45, 7) is 4.75. The fourth-order valence-electron chi connectivity index (χ4n) is 2.31. The van der Waals surface area contributed by atoms with Crippen LogP contribution in [0.15, 0.2) is 42.5 Å². The van der Waals surface area contributed by atoms with E-state index in [9.17, 15) is 4.79 Å². The molecule has 2 aromatic carbocycles. The van der Waals surface area contributed by atoms with Crippen LogP contribution in [0.25, 0.3) is 0 Å². The van der Waals surface area contributed by atoms with E-state index < -0.39 is 6.10 Å². The predicted octanol–water partition coefficient (Wildman–Crippen LogP) is 3.17. The van der Waals surface area contributed by atoms with Crippen molar-refractivity contribution in [2.75, 3.05) is 18.5 Å². The fourth-order valence-corrected chi connectivity index (χ4v) is 2.31. The van der Waals surface area contributed by atoms with Crippen molar-refractivity contribution in [3.05, 3.63) is 48.0 Å². The molecule has 5 heteroatoms. The SMILES string of the molecule is Cc1cccc(OC(C)C(=O)Nc2ccc3c(c2)OCCO3)c1. The molecule has 2 aromatic rings. The monoisotopic (exact) mass is 313 g/mol. The van der Waals surface area contributed by atoms with E-state index in [0.29, 0.717) is 36.1 Å². The van der Waals surface area contributed by atoms with Gasteiger partial charge in [0.15, 0.2) is 17.6 Å². The maximum Gasteiger partial charge on any atom is 0.265 e. The number of carbonyl (C=O) groups excluding carboxylic acids is 1. The third kappa shape index (κ3) is 3.74. The number of anilines is 1. The van der Waals surface area contributed by atoms with Crippen molar-refractivity contribution < 1.29 is 19.0 Å². The van der Waals surface area contributed by atoms with Crippen LogP contribution < -0.4 is 19.5 Å². The molecule has 0 fully saturated rings. The maximum absolute atomic E-state index is 12.3. The number of nitrogens with one attached hydrogen (secondary N) is 1. The Morgan fingerprint density at radius 2 is 1.91 bits per heavy atom. The molecule has 1 amide bonds. The van der Waals surface area contributed by atoms with Crippen LogP contribution in [0.2, 0.25) is 0 Å². The van der Waals surface area contributed by atoms with E-state index >= 15 is 0 Å². The Morgan fingerprint density at radius 1 is 1.13 bits per heavy atom. The van der Waals surface area contributed by atoms with Crippen molar-refractivity contribution in [3.8, 4) is 17.2 Å². The molecule has 1 N–H and O–H groups in total. The van der Waals surface area contributed by atoms with Gasteiger partial charge in [0.25, 0.3) is 5.91 Å². The van der Waals surface area contributed by atoms with Crippen molar-refractivity contribution in [3.63, 3.8) is 0 Å². The molecule has 1 unspecified atom stereocenters. The largest absolute Gasteiger partial charge is 0.486 e. The summed E-state index contributed by atoms with van der Waals surface area (Å²) in [6.07, 6.45) is -0.606. The fraction of sp³-hybridized carbons (Fsp3) is 0.278. The second kappa shape index (κ2) is 6.60. The first-order valence-electron chi connectivity index (χ1n) is 7.55. The first-order valence-corrected chi connectivity index (χ1v) is 7.55. The van der Waals surface area contributed by atoms with E-state index in [1.165, 1.54) is 0 Å². The van der Waals surface area contributed by atoms with Gasteiger partial charge >= 0.3 is 0 Å². The van der Waals surface area contributed by atoms with Gasteiger partial charge in [-0.15, -0.1) is 0 Å². The van der Waals surface area contributed by atoms with Gasteiger partial charge in [-0.2, -0.15) is 0 Å². The molecular weight excluding hydrogens is 294 g/mol. The van der Waals surface area contributed by atoms with Crippen LogP contribution in [0, 0.1) is 6.92 Å². The number of hydrogen-bond acceptors (Lipinski definition) is 4. The number of fused-ring (bicyclic) bond motifs is 1. The maximum atomic E-state index is 12.3. The van der Waals surface area contributed by atoms with E-state index in [2.05, 4.69) is 5.32 Å². The number of benzene rings is 2. The lowest BCUT2D eigenvalue weighted by Crippen LogP contribution is -2.30. The Balaban J connectivity index is 1.64. The minimum Gasteiger partial charge on any atom is -0.486 e. The highest BCUT2D eigenvalue weighted by Gasteiger charge is 2.17. The topological polar surface area (TPSA) is 56.8 Å². The average molecular weight is 313 g/mol. The number of amides is 1. The molecule has 0 spiro atoms. The van der Waals surface area contributed by atoms with E-state index in [1.54, 1.807) is 25.1 Å². The second-order valence-electron chi connectivity index (χ2n) is 5.42. The first kappa shape index (κ1) is 15.2. The third-order valence-electron chi connectivity index (χ3n) is 3.48. The molecule has 1 atom stereocenters. The molecule has 5 nitrogen and oxygen atoms in total. The molecule has 0 aliphatic carbocycles. The Labute approximate surface area is 135 Å². The van der Waals surface area contributed by atoms with Gasteiger partial charge in [-0.3, -0.25) is 4.79 Å². The zero-order valence-corrected chi connectivity index (χ0v) is 13.2. The van der Waals surface area contributed by atoms with Crippen molar-refractivity contribution in [2.24, 2.45) is 0 Å². The minimum atomic E-state index is -0.606. The van der Waals surface area contributed by atoms with E-state index in [4.69, 9.17) is 14.2 Å². The normalized spacial score (nSPS) is 14.0. The molecule has 1 aliphatic rings. The van der Waals surface area contributed by atoms with Crippen LogP contribution in [0.4, 0.5) is 5.69 Å². The highest BCUT2D eigenvalue weighted by Crippen LogP contribution is 2.32. The van der Waals surface area contributed by atoms with Crippen molar-refractivity contribution in [1.29, 1.82) is 0 Å². The number of hydrogen-bond donors (Lipinski definition) is 1. The van der Waals surface area contributed by atoms with Crippen LogP contribution in [-0.4, -0.2) is 25.2 Å². The van der Waals surface area contributed by atoms with Gasteiger partial charge in [0, 0.05) is 11.8 Å². The van der Waals surface area contributed by atoms with E-state index in [1.807, 2.05) is 31.2 Å². The smallest absolute Gasteiger partial charge is 0.265 e. The highest BCUT2D eigenvalue weighted by molar-refractivity contribution is 5.94. The number of carbonyl (C=O) groups is 1. The zero-order valence-electron chi connectivity index (χ0n) is 13.2. The molecule has 120 valence electrons. The summed E-state index contributed by atoms with van der Waals surface area (Å²) in [5.41, 5.74) is 1.74. The quantitative estimate of drug-likeness (QED) is 0.942. The molecule has 23 heavy (non-hydrogen) atoms. The molecule has 1 heterocycles. The molecule has 0 aromatic heterocycles. The van der Waals surface area contributed by atoms with Crippen molar-refractivity contribution >= 4 is 11.6 Å². The van der Waals surface area contributed by atoms with Crippen molar-refractivity contribution in [1.82, 2.24) is 0 Å². The van der Waals surface area contributed by atoms with Gasteiger partial charge in [-0.1, -0.05) is 12.1 Å². The Morgan fingerprint density at radius 3 is 2.70 bits per heavy atom. The summed E-state index contributed by atoms with van der Waals surface area (Å²) in [5.74, 6) is 1.79. The summed E-state index contributed by atoms with van der Waals surface area (Å²) >= 11 is 0. The van der Waals surface area contributed by atoms with Crippen LogP contribution in [0.5, 0.6) is 17.2 Å². The van der Waals surface area contributed by atoms with Gasteiger partial charge in [-0.25, -0.2) is 0 Å². The zero-order chi connectivity index (χ0) is 16.2. The van der Waals surface area contributed by atoms with Gasteiger partial charge in [0.05, 0.1) is 0 Å². The molecule has 0 bridgehead atoms. The molecule has 0 radical (unpaired) electrons. The van der Waals surface area contributed by atoms with E-state index in [0.717, 1.165) is 5.56 Å². The summed E-state index contributed by atoms with van der Waals surface area (Å²) in [7, 11) is 0. The van der Waals surface area contributed by atoms with Gasteiger partial charge in [0.1, 0.15) is 19.0 Å². The second-order valence-corrected chi connectivity index (χ2v) is 5.42. The Hall–Kier alpha value is -2.69. The Bertz CT molecular complexity index is 714. The summed E-state index contributed by atoms with van der Waals surface area (Å²) < 4.78 is 16.6. The third-order valence-corrected chi connectivity index (χ3v) is 3.48. The Kier molecular flexibility index (Phi) is 4.37. The lowest BCUT2D eigenvalue weighted by molar-refractivity contribution is -0.122. The van der Waals surface area contributed by atoms with Crippen LogP contribution in [-0.2, 0) is 4.79 Å². The molecule has 0 saturated carbocycles. The summed E-state index contributed by atoms with van der Waals surface area (Å²) in [4.78, 5) is 12.3. The predicted molar refractivity (Wildman–Crippen MR) is 87.3 cm³/mol. The van der Waals surface area contributed by atoms with Crippen LogP contribution in [0.1, 0.15) is 12.5 Å². The molecule has 1 aliphatic heterocycles. The first-order chi connectivity index (χ1) is 11.1. The van der Waals surface area contributed by atoms with Gasteiger partial charge in [0.2, 0.25) is 0 Å². The molecular formula is C18H19NO4. The summed E-state index contributed by atoms with van der Waals surface area (Å²) in [5, 5.41) is 2.83. The number of rotatable bonds is 4. The summed E-state index contributed by atoms with van der Waals surface area (Å²) in [6, 6.07) is 12.9. The van der Waals surface area contributed by atoms with E-state index in [-0.39, 0.29) is 5.91 Å². The molecule has 3 rings (SSSR count). The highest BCUT2D eigenvalue weighted by atomic mass is 16.6.